The van der Waals surface area contributed by atoms with E-state index < -0.39 is 19.9 Å². The van der Waals surface area contributed by atoms with E-state index in [-0.39, 0.29) is 23.1 Å². The summed E-state index contributed by atoms with van der Waals surface area (Å²) in [5, 5.41) is -0.166. The molecule has 0 unspecified atom stereocenters. The van der Waals surface area contributed by atoms with Gasteiger partial charge in [0, 0.05) is 12.1 Å². The maximum absolute atomic E-state index is 11.9. The Hall–Kier alpha value is -0.180. The highest BCUT2D eigenvalue weighted by Gasteiger charge is 2.38. The van der Waals surface area contributed by atoms with Gasteiger partial charge in [-0.1, -0.05) is 0 Å². The average molecular weight is 322 g/mol. The largest absolute Gasteiger partial charge is 0.299 e. The Kier molecular flexibility index (Phi) is 3.85. The molecule has 116 valence electrons. The summed E-state index contributed by atoms with van der Waals surface area (Å²) in [6.45, 7) is 1.58. The quantitative estimate of drug-likeness (QED) is 0.770. The van der Waals surface area contributed by atoms with E-state index in [1.807, 2.05) is 0 Å². The van der Waals surface area contributed by atoms with Gasteiger partial charge in [0.2, 0.25) is 10.0 Å². The van der Waals surface area contributed by atoms with Crippen LogP contribution in [-0.4, -0.2) is 63.7 Å². The molecule has 0 bridgehead atoms. The average Bonchev–Trinajstić information content (AvgIpc) is 3.15. The maximum atomic E-state index is 11.9. The first-order chi connectivity index (χ1) is 9.36. The van der Waals surface area contributed by atoms with Crippen LogP contribution in [0.5, 0.6) is 0 Å². The minimum absolute atomic E-state index is 0.0230. The lowest BCUT2D eigenvalue weighted by Crippen LogP contribution is -2.48. The van der Waals surface area contributed by atoms with E-state index >= 15 is 0 Å². The summed E-state index contributed by atoms with van der Waals surface area (Å²) in [5.74, 6) is 0.567. The lowest BCUT2D eigenvalue weighted by Gasteiger charge is -2.35. The van der Waals surface area contributed by atoms with Gasteiger partial charge in [-0.3, -0.25) is 4.90 Å². The number of sulfonamides is 1. The van der Waals surface area contributed by atoms with E-state index in [1.54, 1.807) is 0 Å². The van der Waals surface area contributed by atoms with Gasteiger partial charge in [0.1, 0.15) is 0 Å². The molecule has 6 nitrogen and oxygen atoms in total. The Morgan fingerprint density at radius 2 is 1.65 bits per heavy atom. The molecular weight excluding hydrogens is 300 g/mol. The summed E-state index contributed by atoms with van der Waals surface area (Å²) >= 11 is 0. The van der Waals surface area contributed by atoms with E-state index in [0.29, 0.717) is 5.75 Å². The standard InChI is InChI=1S/C12H22N2O4S2/c15-19(16)8-5-11(9-19)14-6-3-10(4-7-14)13-20(17,18)12-1-2-12/h10-13H,1-9H2/t11-/m0/s1. The SMILES string of the molecule is O=S1(=O)CC[C@H](N2CCC(NS(=O)(=O)C3CC3)CC2)C1. The van der Waals surface area contributed by atoms with Crippen molar-refractivity contribution in [2.24, 2.45) is 0 Å². The molecular formula is C12H22N2O4S2. The lowest BCUT2D eigenvalue weighted by atomic mass is 10.0. The third-order valence-electron chi connectivity index (χ3n) is 4.55. The smallest absolute Gasteiger partial charge is 0.214 e. The number of nitrogens with one attached hydrogen (secondary N) is 1. The van der Waals surface area contributed by atoms with Crippen molar-refractivity contribution < 1.29 is 16.8 Å². The number of likely N-dealkylation sites (tertiary alicyclic amines) is 1. The van der Waals surface area contributed by atoms with Gasteiger partial charge in [-0.05, 0) is 45.2 Å². The molecule has 0 aromatic heterocycles. The fourth-order valence-electron chi connectivity index (χ4n) is 3.15. The van der Waals surface area contributed by atoms with Crippen molar-refractivity contribution in [1.82, 2.24) is 9.62 Å². The number of sulfone groups is 1. The van der Waals surface area contributed by atoms with Crippen LogP contribution in [-0.2, 0) is 19.9 Å². The van der Waals surface area contributed by atoms with E-state index in [0.717, 1.165) is 45.2 Å². The minimum atomic E-state index is -3.11. The summed E-state index contributed by atoms with van der Waals surface area (Å²) in [4.78, 5) is 2.21. The number of hydrogen-bond acceptors (Lipinski definition) is 5. The van der Waals surface area contributed by atoms with Crippen LogP contribution >= 0.6 is 0 Å². The Morgan fingerprint density at radius 3 is 2.15 bits per heavy atom. The molecule has 2 heterocycles. The van der Waals surface area contributed by atoms with Crippen LogP contribution in [0.1, 0.15) is 32.1 Å². The van der Waals surface area contributed by atoms with Crippen LogP contribution in [0.2, 0.25) is 0 Å². The first-order valence-electron chi connectivity index (χ1n) is 7.31. The van der Waals surface area contributed by atoms with Crippen molar-refractivity contribution in [1.29, 1.82) is 0 Å². The second-order valence-electron chi connectivity index (χ2n) is 6.23. The summed E-state index contributed by atoms with van der Waals surface area (Å²) in [7, 11) is -5.95. The minimum Gasteiger partial charge on any atom is -0.299 e. The van der Waals surface area contributed by atoms with Crippen molar-refractivity contribution in [3.63, 3.8) is 0 Å². The molecule has 0 amide bonds. The summed E-state index contributed by atoms with van der Waals surface area (Å²) in [6, 6.07) is 0.163. The van der Waals surface area contributed by atoms with Crippen LogP contribution in [0.4, 0.5) is 0 Å². The predicted molar refractivity (Wildman–Crippen MR) is 76.7 cm³/mol. The second-order valence-corrected chi connectivity index (χ2v) is 10.5. The molecule has 3 rings (SSSR count). The van der Waals surface area contributed by atoms with Gasteiger partial charge < -0.3 is 0 Å². The van der Waals surface area contributed by atoms with Crippen LogP contribution in [0.3, 0.4) is 0 Å². The number of piperidine rings is 1. The monoisotopic (exact) mass is 322 g/mol. The lowest BCUT2D eigenvalue weighted by molar-refractivity contribution is 0.161. The molecule has 1 atom stereocenters. The van der Waals surface area contributed by atoms with Gasteiger partial charge >= 0.3 is 0 Å². The zero-order valence-electron chi connectivity index (χ0n) is 11.5. The van der Waals surface area contributed by atoms with Gasteiger partial charge in [-0.2, -0.15) is 0 Å². The van der Waals surface area contributed by atoms with E-state index in [4.69, 9.17) is 0 Å². The van der Waals surface area contributed by atoms with Gasteiger partial charge in [-0.25, -0.2) is 21.6 Å². The first kappa shape index (κ1) is 14.7. The highest BCUT2D eigenvalue weighted by Crippen LogP contribution is 2.29. The van der Waals surface area contributed by atoms with Gasteiger partial charge in [0.05, 0.1) is 16.8 Å². The van der Waals surface area contributed by atoms with Crippen LogP contribution in [0.15, 0.2) is 0 Å². The Labute approximate surface area is 120 Å². The van der Waals surface area contributed by atoms with Gasteiger partial charge in [-0.15, -0.1) is 0 Å². The molecule has 3 aliphatic rings. The Bertz CT molecular complexity index is 560. The maximum Gasteiger partial charge on any atom is 0.214 e. The van der Waals surface area contributed by atoms with Crippen LogP contribution < -0.4 is 4.72 Å². The molecule has 0 radical (unpaired) electrons. The van der Waals surface area contributed by atoms with E-state index in [9.17, 15) is 16.8 Å². The van der Waals surface area contributed by atoms with Crippen LogP contribution in [0, 0.1) is 0 Å². The van der Waals surface area contributed by atoms with E-state index in [1.165, 1.54) is 0 Å². The summed E-state index contributed by atoms with van der Waals surface area (Å²) < 4.78 is 49.6. The fraction of sp³-hybridized carbons (Fsp3) is 1.00. The van der Waals surface area contributed by atoms with Gasteiger partial charge in [0.25, 0.3) is 0 Å². The number of nitrogens with zero attached hydrogens (tertiary/aromatic N) is 1. The topological polar surface area (TPSA) is 83.6 Å². The van der Waals surface area contributed by atoms with Gasteiger partial charge in [0.15, 0.2) is 9.84 Å². The third kappa shape index (κ3) is 3.35. The first-order valence-corrected chi connectivity index (χ1v) is 10.7. The zero-order valence-corrected chi connectivity index (χ0v) is 13.1. The molecule has 0 spiro atoms. The summed E-state index contributed by atoms with van der Waals surface area (Å²) in [6.07, 6.45) is 3.86. The number of hydrogen-bond donors (Lipinski definition) is 1. The Morgan fingerprint density at radius 1 is 1.00 bits per heavy atom. The molecule has 3 fully saturated rings. The molecule has 2 aliphatic heterocycles. The normalized spacial score (nSPS) is 32.5. The molecule has 8 heteroatoms. The molecule has 1 saturated carbocycles. The molecule has 0 aromatic carbocycles. The van der Waals surface area contributed by atoms with Crippen molar-refractivity contribution in [2.45, 2.75) is 49.4 Å². The van der Waals surface area contributed by atoms with Crippen molar-refractivity contribution >= 4 is 19.9 Å². The highest BCUT2D eigenvalue weighted by molar-refractivity contribution is 7.91. The Balaban J connectivity index is 1.50. The fourth-order valence-corrected chi connectivity index (χ4v) is 6.56. The van der Waals surface area contributed by atoms with Crippen LogP contribution in [0.25, 0.3) is 0 Å². The zero-order chi connectivity index (χ0) is 14.4. The molecule has 1 N–H and O–H groups in total. The molecule has 1 aliphatic carbocycles. The second kappa shape index (κ2) is 5.23. The molecule has 20 heavy (non-hydrogen) atoms. The van der Waals surface area contributed by atoms with Crippen molar-refractivity contribution in [3.8, 4) is 0 Å². The van der Waals surface area contributed by atoms with Crippen molar-refractivity contribution in [3.05, 3.63) is 0 Å². The molecule has 0 aromatic rings. The highest BCUT2D eigenvalue weighted by atomic mass is 32.2. The predicted octanol–water partition coefficient (Wildman–Crippen LogP) is -0.280. The van der Waals surface area contributed by atoms with Crippen molar-refractivity contribution in [2.75, 3.05) is 24.6 Å². The third-order valence-corrected chi connectivity index (χ3v) is 8.31. The van der Waals surface area contributed by atoms with E-state index in [2.05, 4.69) is 9.62 Å². The summed E-state index contributed by atoms with van der Waals surface area (Å²) in [5.41, 5.74) is 0. The molecule has 2 saturated heterocycles. The number of rotatable bonds is 4.